The highest BCUT2D eigenvalue weighted by Crippen LogP contribution is 2.38. The lowest BCUT2D eigenvalue weighted by Crippen LogP contribution is -2.33. The molecule has 0 bridgehead atoms. The Kier molecular flexibility index (Phi) is 3.89. The lowest BCUT2D eigenvalue weighted by molar-refractivity contribution is 0.374. The van der Waals surface area contributed by atoms with Crippen LogP contribution in [0.2, 0.25) is 0 Å². The molecule has 0 atom stereocenters. The van der Waals surface area contributed by atoms with Crippen LogP contribution in [0.25, 0.3) is 0 Å². The summed E-state index contributed by atoms with van der Waals surface area (Å²) in [4.78, 5) is 4.23. The summed E-state index contributed by atoms with van der Waals surface area (Å²) in [5.41, 5.74) is 2.54. The van der Waals surface area contributed by atoms with Crippen molar-refractivity contribution in [1.82, 2.24) is 4.98 Å². The maximum absolute atomic E-state index is 4.23. The Morgan fingerprint density at radius 2 is 1.74 bits per heavy atom. The van der Waals surface area contributed by atoms with Crippen LogP contribution in [0.3, 0.4) is 0 Å². The number of rotatable bonds is 3. The Bertz CT molecular complexity index is 545. The van der Waals surface area contributed by atoms with Gasteiger partial charge in [0.2, 0.25) is 0 Å². The highest BCUT2D eigenvalue weighted by atomic mass is 79.9. The van der Waals surface area contributed by atoms with Crippen molar-refractivity contribution in [3.8, 4) is 0 Å². The Balaban J connectivity index is 1.55. The van der Waals surface area contributed by atoms with Gasteiger partial charge < -0.3 is 5.32 Å². The standard InChI is InChI=1S/C15H14Br2N2/c16-12-3-1-10(2-4-12)11-7-14(8-11)19-13-5-6-15(17)18-9-13/h1-6,9,11,14,19H,7-8H2. The molecule has 2 nitrogen and oxygen atoms in total. The first-order chi connectivity index (χ1) is 9.20. The van der Waals surface area contributed by atoms with E-state index < -0.39 is 0 Å². The van der Waals surface area contributed by atoms with E-state index in [4.69, 9.17) is 0 Å². The van der Waals surface area contributed by atoms with Crippen molar-refractivity contribution in [1.29, 1.82) is 0 Å². The zero-order valence-electron chi connectivity index (χ0n) is 10.3. The lowest BCUT2D eigenvalue weighted by Gasteiger charge is -2.36. The number of aromatic nitrogens is 1. The molecule has 2 aromatic rings. The van der Waals surface area contributed by atoms with Crippen LogP contribution < -0.4 is 5.32 Å². The largest absolute Gasteiger partial charge is 0.381 e. The number of halogens is 2. The molecule has 1 aromatic carbocycles. The number of benzene rings is 1. The van der Waals surface area contributed by atoms with Crippen molar-refractivity contribution in [2.75, 3.05) is 5.32 Å². The summed E-state index contributed by atoms with van der Waals surface area (Å²) in [6.45, 7) is 0. The number of hydrogen-bond donors (Lipinski definition) is 1. The van der Waals surface area contributed by atoms with Gasteiger partial charge in [0.15, 0.2) is 0 Å². The summed E-state index contributed by atoms with van der Waals surface area (Å²) in [6, 6.07) is 13.3. The summed E-state index contributed by atoms with van der Waals surface area (Å²) < 4.78 is 2.02. The first-order valence-electron chi connectivity index (χ1n) is 6.34. The SMILES string of the molecule is Brc1ccc(C2CC(Nc3ccc(Br)nc3)C2)cc1. The number of pyridine rings is 1. The predicted octanol–water partition coefficient (Wildman–Crippen LogP) is 4.96. The van der Waals surface area contributed by atoms with Gasteiger partial charge in [0.1, 0.15) is 4.60 Å². The van der Waals surface area contributed by atoms with Crippen molar-refractivity contribution < 1.29 is 0 Å². The van der Waals surface area contributed by atoms with Crippen molar-refractivity contribution >= 4 is 37.5 Å². The minimum absolute atomic E-state index is 0.566. The van der Waals surface area contributed by atoms with Gasteiger partial charge in [0, 0.05) is 10.5 Å². The highest BCUT2D eigenvalue weighted by molar-refractivity contribution is 9.10. The van der Waals surface area contributed by atoms with Gasteiger partial charge in [-0.2, -0.15) is 0 Å². The molecule has 1 aliphatic carbocycles. The van der Waals surface area contributed by atoms with E-state index in [9.17, 15) is 0 Å². The Morgan fingerprint density at radius 1 is 1.00 bits per heavy atom. The predicted molar refractivity (Wildman–Crippen MR) is 85.5 cm³/mol. The first-order valence-corrected chi connectivity index (χ1v) is 7.93. The molecule has 1 heterocycles. The van der Waals surface area contributed by atoms with Crippen LogP contribution in [0.15, 0.2) is 51.7 Å². The summed E-state index contributed by atoms with van der Waals surface area (Å²) in [7, 11) is 0. The second-order valence-electron chi connectivity index (χ2n) is 4.93. The van der Waals surface area contributed by atoms with E-state index in [0.29, 0.717) is 12.0 Å². The van der Waals surface area contributed by atoms with E-state index in [1.807, 2.05) is 12.3 Å². The molecule has 0 radical (unpaired) electrons. The van der Waals surface area contributed by atoms with E-state index in [1.54, 1.807) is 0 Å². The van der Waals surface area contributed by atoms with E-state index in [-0.39, 0.29) is 0 Å². The fourth-order valence-electron chi connectivity index (χ4n) is 2.44. The molecule has 3 rings (SSSR count). The quantitative estimate of drug-likeness (QED) is 0.759. The van der Waals surface area contributed by atoms with Gasteiger partial charge in [-0.25, -0.2) is 4.98 Å². The van der Waals surface area contributed by atoms with Crippen molar-refractivity contribution in [2.24, 2.45) is 0 Å². The van der Waals surface area contributed by atoms with Crippen molar-refractivity contribution in [3.05, 3.63) is 57.2 Å². The topological polar surface area (TPSA) is 24.9 Å². The molecule has 0 aliphatic heterocycles. The average Bonchev–Trinajstić information content (AvgIpc) is 2.37. The van der Waals surface area contributed by atoms with Crippen LogP contribution in [0.4, 0.5) is 5.69 Å². The molecule has 1 fully saturated rings. The molecule has 1 N–H and O–H groups in total. The first kappa shape index (κ1) is 13.1. The second-order valence-corrected chi connectivity index (χ2v) is 6.66. The molecular formula is C15H14Br2N2. The molecular weight excluding hydrogens is 368 g/mol. The summed E-state index contributed by atoms with van der Waals surface area (Å²) in [5.74, 6) is 0.689. The Morgan fingerprint density at radius 3 is 2.37 bits per heavy atom. The normalized spacial score (nSPS) is 21.8. The number of nitrogens with zero attached hydrogens (tertiary/aromatic N) is 1. The van der Waals surface area contributed by atoms with Gasteiger partial charge in [0.25, 0.3) is 0 Å². The van der Waals surface area contributed by atoms with Crippen LogP contribution in [0, 0.1) is 0 Å². The minimum atomic E-state index is 0.566. The molecule has 4 heteroatoms. The fraction of sp³-hybridized carbons (Fsp3) is 0.267. The zero-order valence-corrected chi connectivity index (χ0v) is 13.5. The highest BCUT2D eigenvalue weighted by Gasteiger charge is 2.30. The summed E-state index contributed by atoms with van der Waals surface area (Å²) in [6.07, 6.45) is 4.26. The van der Waals surface area contributed by atoms with Crippen molar-refractivity contribution in [3.63, 3.8) is 0 Å². The van der Waals surface area contributed by atoms with Gasteiger partial charge in [-0.15, -0.1) is 0 Å². The number of anilines is 1. The van der Waals surface area contributed by atoms with Crippen LogP contribution >= 0.6 is 31.9 Å². The number of nitrogens with one attached hydrogen (secondary N) is 1. The molecule has 0 saturated heterocycles. The van der Waals surface area contributed by atoms with Crippen LogP contribution in [-0.4, -0.2) is 11.0 Å². The number of hydrogen-bond acceptors (Lipinski definition) is 2. The van der Waals surface area contributed by atoms with E-state index in [0.717, 1.165) is 14.8 Å². The molecule has 1 saturated carbocycles. The smallest absolute Gasteiger partial charge is 0.106 e. The Labute approximate surface area is 129 Å². The van der Waals surface area contributed by atoms with Crippen molar-refractivity contribution in [2.45, 2.75) is 24.8 Å². The van der Waals surface area contributed by atoms with Crippen LogP contribution in [0.1, 0.15) is 24.3 Å². The molecule has 19 heavy (non-hydrogen) atoms. The summed E-state index contributed by atoms with van der Waals surface area (Å²) in [5, 5.41) is 3.52. The molecule has 0 unspecified atom stereocenters. The van der Waals surface area contributed by atoms with Gasteiger partial charge in [-0.1, -0.05) is 28.1 Å². The third kappa shape index (κ3) is 3.18. The molecule has 1 aliphatic rings. The van der Waals surface area contributed by atoms with E-state index in [1.165, 1.54) is 18.4 Å². The zero-order chi connectivity index (χ0) is 13.2. The maximum atomic E-state index is 4.23. The molecule has 0 spiro atoms. The molecule has 0 amide bonds. The average molecular weight is 382 g/mol. The van der Waals surface area contributed by atoms with Gasteiger partial charge in [0.05, 0.1) is 11.9 Å². The summed E-state index contributed by atoms with van der Waals surface area (Å²) >= 11 is 6.82. The van der Waals surface area contributed by atoms with Gasteiger partial charge >= 0.3 is 0 Å². The van der Waals surface area contributed by atoms with Crippen LogP contribution in [-0.2, 0) is 0 Å². The minimum Gasteiger partial charge on any atom is -0.381 e. The lowest BCUT2D eigenvalue weighted by atomic mass is 9.76. The molecule has 1 aromatic heterocycles. The Hall–Kier alpha value is -0.870. The maximum Gasteiger partial charge on any atom is 0.106 e. The third-order valence-electron chi connectivity index (χ3n) is 3.58. The van der Waals surface area contributed by atoms with Crippen LogP contribution in [0.5, 0.6) is 0 Å². The van der Waals surface area contributed by atoms with E-state index in [2.05, 4.69) is 72.5 Å². The van der Waals surface area contributed by atoms with E-state index >= 15 is 0 Å². The monoisotopic (exact) mass is 380 g/mol. The molecule has 98 valence electrons. The second kappa shape index (κ2) is 5.63. The fourth-order valence-corrected chi connectivity index (χ4v) is 2.94. The van der Waals surface area contributed by atoms with Gasteiger partial charge in [-0.3, -0.25) is 0 Å². The third-order valence-corrected chi connectivity index (χ3v) is 4.58. The van der Waals surface area contributed by atoms with Gasteiger partial charge in [-0.05, 0) is 64.5 Å².